The van der Waals surface area contributed by atoms with Crippen LogP contribution in [0.5, 0.6) is 11.5 Å². The minimum atomic E-state index is -0.745. The van der Waals surface area contributed by atoms with E-state index in [-0.39, 0.29) is 29.8 Å². The van der Waals surface area contributed by atoms with E-state index in [1.165, 1.54) is 26.0 Å². The summed E-state index contributed by atoms with van der Waals surface area (Å²) in [6.07, 6.45) is 0.996. The fourth-order valence-electron chi connectivity index (χ4n) is 3.92. The Bertz CT molecular complexity index is 1200. The maximum absolute atomic E-state index is 13.0. The van der Waals surface area contributed by atoms with Crippen molar-refractivity contribution in [2.75, 3.05) is 41.2 Å². The van der Waals surface area contributed by atoms with Gasteiger partial charge in [-0.2, -0.15) is 5.10 Å². The summed E-state index contributed by atoms with van der Waals surface area (Å²) in [5, 5.41) is 4.65. The summed E-state index contributed by atoms with van der Waals surface area (Å²) < 4.78 is 34.3. The second-order valence-corrected chi connectivity index (χ2v) is 7.80. The van der Waals surface area contributed by atoms with Crippen LogP contribution in [-0.4, -0.2) is 69.2 Å². The Kier molecular flexibility index (Phi) is 8.19. The van der Waals surface area contributed by atoms with Gasteiger partial charge in [0.2, 0.25) is 0 Å². The van der Waals surface area contributed by atoms with Gasteiger partial charge in [-0.3, -0.25) is 0 Å². The Morgan fingerprint density at radius 1 is 0.972 bits per heavy atom. The molecule has 3 aromatic rings. The largest absolute Gasteiger partial charge is 0.493 e. The molecule has 10 heteroatoms. The summed E-state index contributed by atoms with van der Waals surface area (Å²) in [6, 6.07) is 14.2. The predicted octanol–water partition coefficient (Wildman–Crippen LogP) is 3.65. The van der Waals surface area contributed by atoms with Crippen LogP contribution in [0.25, 0.3) is 16.9 Å². The molecule has 1 aliphatic rings. The highest BCUT2D eigenvalue weighted by Gasteiger charge is 2.33. The molecule has 0 spiro atoms. The van der Waals surface area contributed by atoms with Crippen LogP contribution >= 0.6 is 0 Å². The highest BCUT2D eigenvalue weighted by Crippen LogP contribution is 2.40. The molecule has 0 radical (unpaired) electrons. The molecule has 4 rings (SSSR count). The molecule has 1 fully saturated rings. The lowest BCUT2D eigenvalue weighted by Crippen LogP contribution is -2.26. The first-order valence-corrected chi connectivity index (χ1v) is 11.5. The topological polar surface area (TPSA) is 107 Å². The molecule has 1 aromatic heterocycles. The van der Waals surface area contributed by atoms with Gasteiger partial charge < -0.3 is 28.4 Å². The molecule has 0 N–H and O–H groups in total. The number of rotatable bonds is 9. The van der Waals surface area contributed by atoms with E-state index < -0.39 is 11.9 Å². The third-order valence-electron chi connectivity index (χ3n) is 5.60. The molecule has 1 saturated heterocycles. The van der Waals surface area contributed by atoms with E-state index in [9.17, 15) is 9.59 Å². The van der Waals surface area contributed by atoms with Crippen LogP contribution in [0.2, 0.25) is 0 Å². The van der Waals surface area contributed by atoms with Gasteiger partial charge in [-0.1, -0.05) is 24.3 Å². The van der Waals surface area contributed by atoms with Crippen molar-refractivity contribution in [3.05, 3.63) is 59.8 Å². The van der Waals surface area contributed by atoms with Crippen molar-refractivity contribution in [3.63, 3.8) is 0 Å². The van der Waals surface area contributed by atoms with Crippen molar-refractivity contribution in [2.45, 2.75) is 19.1 Å². The number of carbonyl (C=O) groups is 2. The predicted molar refractivity (Wildman–Crippen MR) is 129 cm³/mol. The summed E-state index contributed by atoms with van der Waals surface area (Å²) in [7, 11) is 3.99. The van der Waals surface area contributed by atoms with Gasteiger partial charge >= 0.3 is 11.9 Å². The Balaban J connectivity index is 1.83. The van der Waals surface area contributed by atoms with Crippen molar-refractivity contribution < 1.29 is 38.0 Å². The van der Waals surface area contributed by atoms with Crippen molar-refractivity contribution in [1.29, 1.82) is 0 Å². The Morgan fingerprint density at radius 2 is 1.69 bits per heavy atom. The summed E-state index contributed by atoms with van der Waals surface area (Å²) in [4.78, 5) is 25.9. The van der Waals surface area contributed by atoms with Crippen LogP contribution in [0.15, 0.2) is 48.5 Å². The zero-order valence-corrected chi connectivity index (χ0v) is 20.4. The number of hydrogen-bond acceptors (Lipinski definition) is 9. The van der Waals surface area contributed by atoms with Gasteiger partial charge in [-0.15, -0.1) is 0 Å². The standard InChI is InChI=1S/C26H28N2O8/c1-31-19-12-7-11-18(24(19)36-16-13-20-34-14-8-15-35-20)22-21(25(29)32-2)23(26(30)33-3)28(27-22)17-9-5-4-6-10-17/h4-7,9-12,20H,8,13-16H2,1-3H3. The first-order chi connectivity index (χ1) is 17.6. The van der Waals surface area contributed by atoms with E-state index in [2.05, 4.69) is 5.10 Å². The molecule has 0 bridgehead atoms. The molecule has 10 nitrogen and oxygen atoms in total. The number of hydrogen-bond donors (Lipinski definition) is 0. The van der Waals surface area contributed by atoms with E-state index in [0.29, 0.717) is 42.4 Å². The zero-order valence-electron chi connectivity index (χ0n) is 20.4. The fraction of sp³-hybridized carbons (Fsp3) is 0.346. The smallest absolute Gasteiger partial charge is 0.357 e. The van der Waals surface area contributed by atoms with E-state index >= 15 is 0 Å². The molecule has 2 heterocycles. The van der Waals surface area contributed by atoms with Crippen LogP contribution in [0, 0.1) is 0 Å². The number of aromatic nitrogens is 2. The molecule has 0 amide bonds. The van der Waals surface area contributed by atoms with Gasteiger partial charge in [0.25, 0.3) is 0 Å². The Labute approximate surface area is 208 Å². The van der Waals surface area contributed by atoms with Gasteiger partial charge in [-0.25, -0.2) is 14.3 Å². The molecular weight excluding hydrogens is 468 g/mol. The maximum atomic E-state index is 13.0. The van der Waals surface area contributed by atoms with Gasteiger partial charge in [0.15, 0.2) is 23.5 Å². The summed E-state index contributed by atoms with van der Waals surface area (Å²) in [6.45, 7) is 1.54. The van der Waals surface area contributed by atoms with Crippen LogP contribution in [-0.2, 0) is 18.9 Å². The van der Waals surface area contributed by atoms with E-state index in [1.807, 2.05) is 6.07 Å². The lowest BCUT2D eigenvalue weighted by Gasteiger charge is -2.23. The first-order valence-electron chi connectivity index (χ1n) is 11.5. The summed E-state index contributed by atoms with van der Waals surface area (Å²) in [5.41, 5.74) is 1.07. The van der Waals surface area contributed by atoms with Crippen molar-refractivity contribution in [1.82, 2.24) is 9.78 Å². The number of para-hydroxylation sites is 2. The first kappa shape index (κ1) is 25.2. The van der Waals surface area contributed by atoms with Crippen LogP contribution in [0.4, 0.5) is 0 Å². The third-order valence-corrected chi connectivity index (χ3v) is 5.60. The number of nitrogens with zero attached hydrogens (tertiary/aromatic N) is 2. The normalized spacial score (nSPS) is 13.8. The number of esters is 2. The number of carbonyl (C=O) groups excluding carboxylic acids is 2. The molecule has 1 aliphatic heterocycles. The zero-order chi connectivity index (χ0) is 25.5. The monoisotopic (exact) mass is 496 g/mol. The second-order valence-electron chi connectivity index (χ2n) is 7.80. The number of methoxy groups -OCH3 is 3. The molecule has 0 unspecified atom stereocenters. The quantitative estimate of drug-likeness (QED) is 0.410. The molecule has 0 aliphatic carbocycles. The van der Waals surface area contributed by atoms with E-state index in [0.717, 1.165) is 6.42 Å². The van der Waals surface area contributed by atoms with Crippen molar-refractivity contribution >= 4 is 11.9 Å². The average Bonchev–Trinajstić information content (AvgIpc) is 3.33. The van der Waals surface area contributed by atoms with Crippen LogP contribution in [0.1, 0.15) is 33.7 Å². The van der Waals surface area contributed by atoms with Gasteiger partial charge in [-0.05, 0) is 30.7 Å². The van der Waals surface area contributed by atoms with Crippen LogP contribution < -0.4 is 9.47 Å². The lowest BCUT2D eigenvalue weighted by atomic mass is 10.0. The summed E-state index contributed by atoms with van der Waals surface area (Å²) in [5.74, 6) is -0.696. The minimum absolute atomic E-state index is 0.0507. The fourth-order valence-corrected chi connectivity index (χ4v) is 3.92. The molecular formula is C26H28N2O8. The van der Waals surface area contributed by atoms with E-state index in [1.54, 1.807) is 42.5 Å². The van der Waals surface area contributed by atoms with Crippen molar-refractivity contribution in [2.24, 2.45) is 0 Å². The number of ether oxygens (including phenoxy) is 6. The average molecular weight is 497 g/mol. The van der Waals surface area contributed by atoms with Crippen molar-refractivity contribution in [3.8, 4) is 28.4 Å². The molecule has 0 saturated carbocycles. The number of benzene rings is 2. The summed E-state index contributed by atoms with van der Waals surface area (Å²) >= 11 is 0. The van der Waals surface area contributed by atoms with Gasteiger partial charge in [0.05, 0.1) is 46.8 Å². The van der Waals surface area contributed by atoms with Crippen LogP contribution in [0.3, 0.4) is 0 Å². The molecule has 36 heavy (non-hydrogen) atoms. The minimum Gasteiger partial charge on any atom is -0.493 e. The van der Waals surface area contributed by atoms with Gasteiger partial charge in [0.1, 0.15) is 11.3 Å². The lowest BCUT2D eigenvalue weighted by molar-refractivity contribution is -0.183. The Hall–Kier alpha value is -3.89. The molecule has 2 aromatic carbocycles. The second kappa shape index (κ2) is 11.7. The SMILES string of the molecule is COC(=O)c1c(-c2cccc(OC)c2OCCC2OCCCO2)nn(-c2ccccc2)c1C(=O)OC. The maximum Gasteiger partial charge on any atom is 0.357 e. The highest BCUT2D eigenvalue weighted by atomic mass is 16.7. The highest BCUT2D eigenvalue weighted by molar-refractivity contribution is 6.07. The van der Waals surface area contributed by atoms with E-state index in [4.69, 9.17) is 28.4 Å². The van der Waals surface area contributed by atoms with Gasteiger partial charge in [0, 0.05) is 12.0 Å². The Morgan fingerprint density at radius 3 is 2.36 bits per heavy atom. The molecule has 0 atom stereocenters. The molecule has 190 valence electrons. The third kappa shape index (κ3) is 5.19.